The average Bonchev–Trinajstić information content (AvgIpc) is 2.42. The van der Waals surface area contributed by atoms with Gasteiger partial charge in [-0.2, -0.15) is 0 Å². The number of rotatable bonds is 10. The Morgan fingerprint density at radius 3 is 2.11 bits per heavy atom. The van der Waals surface area contributed by atoms with E-state index in [1.54, 1.807) is 0 Å². The van der Waals surface area contributed by atoms with Gasteiger partial charge in [0.05, 0.1) is 0 Å². The van der Waals surface area contributed by atoms with Crippen LogP contribution in [0, 0.1) is 0 Å². The topological polar surface area (TPSA) is 15.7 Å². The van der Waals surface area contributed by atoms with E-state index in [0.29, 0.717) is 6.04 Å². The summed E-state index contributed by atoms with van der Waals surface area (Å²) in [5, 5.41) is 0. The van der Waals surface area contributed by atoms with Crippen LogP contribution < -0.4 is 0 Å². The van der Waals surface area contributed by atoms with E-state index >= 15 is 0 Å². The number of piperazine rings is 1. The van der Waals surface area contributed by atoms with Crippen LogP contribution in [-0.4, -0.2) is 61.8 Å². The lowest BCUT2D eigenvalue weighted by atomic mass is 10.2. The highest BCUT2D eigenvalue weighted by Gasteiger charge is 2.17. The Labute approximate surface area is 120 Å². The molecular formula is C16H34N2O. The molecule has 1 rings (SSSR count). The van der Waals surface area contributed by atoms with Gasteiger partial charge in [0.2, 0.25) is 0 Å². The summed E-state index contributed by atoms with van der Waals surface area (Å²) in [6.07, 6.45) is 6.32. The molecule has 0 bridgehead atoms. The summed E-state index contributed by atoms with van der Waals surface area (Å²) in [7, 11) is 0. The van der Waals surface area contributed by atoms with Crippen molar-refractivity contribution in [3.05, 3.63) is 0 Å². The number of ether oxygens (including phenoxy) is 1. The van der Waals surface area contributed by atoms with E-state index in [0.717, 1.165) is 13.2 Å². The second-order valence-corrected chi connectivity index (χ2v) is 6.00. The zero-order chi connectivity index (χ0) is 13.9. The number of hydrogen-bond donors (Lipinski definition) is 0. The zero-order valence-corrected chi connectivity index (χ0v) is 13.4. The summed E-state index contributed by atoms with van der Waals surface area (Å²) >= 11 is 0. The van der Waals surface area contributed by atoms with Crippen LogP contribution in [-0.2, 0) is 4.74 Å². The highest BCUT2D eigenvalue weighted by Crippen LogP contribution is 2.07. The molecule has 0 aromatic heterocycles. The minimum atomic E-state index is 0.707. The van der Waals surface area contributed by atoms with E-state index in [-0.39, 0.29) is 0 Å². The Morgan fingerprint density at radius 1 is 0.895 bits per heavy atom. The minimum Gasteiger partial charge on any atom is -0.381 e. The van der Waals surface area contributed by atoms with E-state index in [4.69, 9.17) is 4.74 Å². The van der Waals surface area contributed by atoms with E-state index in [1.807, 2.05) is 0 Å². The molecule has 0 radical (unpaired) electrons. The van der Waals surface area contributed by atoms with Gasteiger partial charge in [-0.05, 0) is 39.7 Å². The first-order valence-corrected chi connectivity index (χ1v) is 8.28. The van der Waals surface area contributed by atoms with Crippen molar-refractivity contribution in [1.29, 1.82) is 0 Å². The van der Waals surface area contributed by atoms with Crippen molar-refractivity contribution in [3.63, 3.8) is 0 Å². The molecule has 0 saturated carbocycles. The molecule has 19 heavy (non-hydrogen) atoms. The maximum absolute atomic E-state index is 5.65. The molecule has 0 aromatic rings. The zero-order valence-electron chi connectivity index (χ0n) is 13.4. The van der Waals surface area contributed by atoms with Gasteiger partial charge in [0.25, 0.3) is 0 Å². The maximum atomic E-state index is 5.65. The van der Waals surface area contributed by atoms with Gasteiger partial charge in [-0.1, -0.05) is 19.8 Å². The van der Waals surface area contributed by atoms with E-state index in [9.17, 15) is 0 Å². The molecule has 0 unspecified atom stereocenters. The van der Waals surface area contributed by atoms with Crippen molar-refractivity contribution in [1.82, 2.24) is 9.80 Å². The smallest absolute Gasteiger partial charge is 0.0466 e. The third-order valence-electron chi connectivity index (χ3n) is 4.04. The van der Waals surface area contributed by atoms with Gasteiger partial charge in [-0.15, -0.1) is 0 Å². The molecule has 3 nitrogen and oxygen atoms in total. The fraction of sp³-hybridized carbons (Fsp3) is 1.00. The van der Waals surface area contributed by atoms with Crippen molar-refractivity contribution in [2.45, 2.75) is 58.9 Å². The lowest BCUT2D eigenvalue weighted by Crippen LogP contribution is -2.48. The number of nitrogens with zero attached hydrogens (tertiary/aromatic N) is 2. The van der Waals surface area contributed by atoms with Crippen LogP contribution in [0.4, 0.5) is 0 Å². The third-order valence-corrected chi connectivity index (χ3v) is 4.04. The molecule has 0 N–H and O–H groups in total. The van der Waals surface area contributed by atoms with Gasteiger partial charge >= 0.3 is 0 Å². The Kier molecular flexibility index (Phi) is 9.48. The predicted octanol–water partition coefficient (Wildman–Crippen LogP) is 3.00. The van der Waals surface area contributed by atoms with Crippen LogP contribution in [0.2, 0.25) is 0 Å². The standard InChI is InChI=1S/C16H34N2O/c1-4-5-7-14-19-15-8-6-9-17-10-12-18(13-11-17)16(2)3/h16H,4-15H2,1-3H3. The molecular weight excluding hydrogens is 236 g/mol. The first-order chi connectivity index (χ1) is 9.24. The van der Waals surface area contributed by atoms with E-state index in [2.05, 4.69) is 30.6 Å². The Morgan fingerprint density at radius 2 is 1.53 bits per heavy atom. The Balaban J connectivity index is 1.88. The van der Waals surface area contributed by atoms with Crippen molar-refractivity contribution in [2.75, 3.05) is 45.9 Å². The molecule has 114 valence electrons. The second-order valence-electron chi connectivity index (χ2n) is 6.00. The van der Waals surface area contributed by atoms with Crippen molar-refractivity contribution >= 4 is 0 Å². The van der Waals surface area contributed by atoms with Crippen molar-refractivity contribution in [2.24, 2.45) is 0 Å². The minimum absolute atomic E-state index is 0.707. The molecule has 0 aromatic carbocycles. The highest BCUT2D eigenvalue weighted by atomic mass is 16.5. The molecule has 1 saturated heterocycles. The molecule has 1 aliphatic rings. The lowest BCUT2D eigenvalue weighted by Gasteiger charge is -2.36. The van der Waals surface area contributed by atoms with Gasteiger partial charge in [-0.25, -0.2) is 0 Å². The Bertz CT molecular complexity index is 201. The summed E-state index contributed by atoms with van der Waals surface area (Å²) in [5.41, 5.74) is 0. The average molecular weight is 270 g/mol. The van der Waals surface area contributed by atoms with Crippen LogP contribution in [0.15, 0.2) is 0 Å². The predicted molar refractivity (Wildman–Crippen MR) is 82.7 cm³/mol. The maximum Gasteiger partial charge on any atom is 0.0466 e. The fourth-order valence-corrected chi connectivity index (χ4v) is 2.60. The van der Waals surface area contributed by atoms with Gasteiger partial charge in [0.1, 0.15) is 0 Å². The summed E-state index contributed by atoms with van der Waals surface area (Å²) < 4.78 is 5.65. The highest BCUT2D eigenvalue weighted by molar-refractivity contribution is 4.73. The molecule has 1 heterocycles. The van der Waals surface area contributed by atoms with Crippen molar-refractivity contribution in [3.8, 4) is 0 Å². The van der Waals surface area contributed by atoms with Crippen LogP contribution in [0.25, 0.3) is 0 Å². The quantitative estimate of drug-likeness (QED) is 0.568. The van der Waals surface area contributed by atoms with Gasteiger partial charge in [0, 0.05) is 45.4 Å². The van der Waals surface area contributed by atoms with E-state index in [1.165, 1.54) is 64.8 Å². The molecule has 0 spiro atoms. The Hall–Kier alpha value is -0.120. The summed E-state index contributed by atoms with van der Waals surface area (Å²) in [6.45, 7) is 15.0. The SMILES string of the molecule is CCCCCOCCCCN1CCN(C(C)C)CC1. The second kappa shape index (κ2) is 10.6. The normalized spacial score (nSPS) is 18.3. The first-order valence-electron chi connectivity index (χ1n) is 8.28. The van der Waals surface area contributed by atoms with Gasteiger partial charge in [-0.3, -0.25) is 4.90 Å². The van der Waals surface area contributed by atoms with E-state index < -0.39 is 0 Å². The fourth-order valence-electron chi connectivity index (χ4n) is 2.60. The third kappa shape index (κ3) is 7.91. The monoisotopic (exact) mass is 270 g/mol. The molecule has 0 atom stereocenters. The molecule has 0 amide bonds. The van der Waals surface area contributed by atoms with Crippen LogP contribution >= 0.6 is 0 Å². The molecule has 1 fully saturated rings. The van der Waals surface area contributed by atoms with Gasteiger partial charge in [0.15, 0.2) is 0 Å². The van der Waals surface area contributed by atoms with Crippen LogP contribution in [0.3, 0.4) is 0 Å². The molecule has 1 aliphatic heterocycles. The van der Waals surface area contributed by atoms with Crippen molar-refractivity contribution < 1.29 is 4.74 Å². The first kappa shape index (κ1) is 16.9. The molecule has 0 aliphatic carbocycles. The lowest BCUT2D eigenvalue weighted by molar-refractivity contribution is 0.0983. The van der Waals surface area contributed by atoms with Gasteiger partial charge < -0.3 is 9.64 Å². The van der Waals surface area contributed by atoms with Crippen LogP contribution in [0.5, 0.6) is 0 Å². The summed E-state index contributed by atoms with van der Waals surface area (Å²) in [4.78, 5) is 5.18. The molecule has 3 heteroatoms. The number of hydrogen-bond acceptors (Lipinski definition) is 3. The summed E-state index contributed by atoms with van der Waals surface area (Å²) in [5.74, 6) is 0. The van der Waals surface area contributed by atoms with Crippen LogP contribution in [0.1, 0.15) is 52.9 Å². The largest absolute Gasteiger partial charge is 0.381 e. The number of unbranched alkanes of at least 4 members (excludes halogenated alkanes) is 3. The summed E-state index contributed by atoms with van der Waals surface area (Å²) in [6, 6.07) is 0.707.